The van der Waals surface area contributed by atoms with Crippen molar-refractivity contribution in [2.75, 3.05) is 6.54 Å². The molecule has 3 atom stereocenters. The third kappa shape index (κ3) is 1.34. The molecule has 10 heavy (non-hydrogen) atoms. The van der Waals surface area contributed by atoms with E-state index in [1.807, 2.05) is 0 Å². The summed E-state index contributed by atoms with van der Waals surface area (Å²) in [5, 5.41) is 3.40. The first-order chi connectivity index (χ1) is 4.92. The lowest BCUT2D eigenvalue weighted by molar-refractivity contribution is 0.596. The third-order valence-corrected chi connectivity index (χ3v) is 2.86. The summed E-state index contributed by atoms with van der Waals surface area (Å²) in [5.74, 6) is 2.20. The standard InChI is InChI=1S/C9H17N/c1-2-3-4-7-5-8(7)9-6-10-9/h7-10H,2-6H2,1H3. The van der Waals surface area contributed by atoms with Crippen LogP contribution in [0.1, 0.15) is 32.6 Å². The van der Waals surface area contributed by atoms with Crippen LogP contribution in [0.3, 0.4) is 0 Å². The second kappa shape index (κ2) is 2.54. The summed E-state index contributed by atoms with van der Waals surface area (Å²) in [6.45, 7) is 3.60. The first-order valence-electron chi connectivity index (χ1n) is 4.65. The molecule has 2 fully saturated rings. The van der Waals surface area contributed by atoms with Crippen LogP contribution >= 0.6 is 0 Å². The van der Waals surface area contributed by atoms with Crippen molar-refractivity contribution in [2.24, 2.45) is 11.8 Å². The average molecular weight is 139 g/mol. The predicted molar refractivity (Wildman–Crippen MR) is 42.9 cm³/mol. The van der Waals surface area contributed by atoms with Gasteiger partial charge in [0.25, 0.3) is 0 Å². The Morgan fingerprint density at radius 1 is 1.50 bits per heavy atom. The molecule has 0 spiro atoms. The maximum Gasteiger partial charge on any atom is 0.0224 e. The van der Waals surface area contributed by atoms with Gasteiger partial charge in [-0.2, -0.15) is 0 Å². The smallest absolute Gasteiger partial charge is 0.0224 e. The highest BCUT2D eigenvalue weighted by atomic mass is 15.1. The Morgan fingerprint density at radius 3 is 2.90 bits per heavy atom. The van der Waals surface area contributed by atoms with Crippen molar-refractivity contribution in [3.05, 3.63) is 0 Å². The third-order valence-electron chi connectivity index (χ3n) is 2.86. The minimum atomic E-state index is 0.946. The molecule has 1 heteroatoms. The molecule has 1 aliphatic heterocycles. The fraction of sp³-hybridized carbons (Fsp3) is 1.00. The van der Waals surface area contributed by atoms with E-state index in [2.05, 4.69) is 12.2 Å². The minimum Gasteiger partial charge on any atom is -0.311 e. The Balaban J connectivity index is 1.60. The van der Waals surface area contributed by atoms with Gasteiger partial charge in [-0.05, 0) is 18.3 Å². The molecule has 0 aromatic heterocycles. The van der Waals surface area contributed by atoms with Crippen LogP contribution in [0.25, 0.3) is 0 Å². The van der Waals surface area contributed by atoms with Gasteiger partial charge in [-0.15, -0.1) is 0 Å². The number of hydrogen-bond donors (Lipinski definition) is 1. The van der Waals surface area contributed by atoms with Crippen molar-refractivity contribution in [1.29, 1.82) is 0 Å². The van der Waals surface area contributed by atoms with Crippen molar-refractivity contribution in [1.82, 2.24) is 5.32 Å². The van der Waals surface area contributed by atoms with Crippen molar-refractivity contribution < 1.29 is 0 Å². The summed E-state index contributed by atoms with van der Waals surface area (Å²) < 4.78 is 0. The van der Waals surface area contributed by atoms with Crippen LogP contribution in [0.5, 0.6) is 0 Å². The highest BCUT2D eigenvalue weighted by Crippen LogP contribution is 2.46. The van der Waals surface area contributed by atoms with E-state index in [9.17, 15) is 0 Å². The molecule has 3 unspecified atom stereocenters. The fourth-order valence-corrected chi connectivity index (χ4v) is 1.93. The topological polar surface area (TPSA) is 21.9 Å². The Bertz CT molecular complexity index is 118. The number of nitrogens with one attached hydrogen (secondary N) is 1. The van der Waals surface area contributed by atoms with Gasteiger partial charge in [-0.1, -0.05) is 26.2 Å². The Morgan fingerprint density at radius 2 is 2.30 bits per heavy atom. The monoisotopic (exact) mass is 139 g/mol. The number of hydrogen-bond acceptors (Lipinski definition) is 1. The Kier molecular flexibility index (Phi) is 1.69. The van der Waals surface area contributed by atoms with E-state index in [1.165, 1.54) is 32.2 Å². The van der Waals surface area contributed by atoms with Crippen molar-refractivity contribution in [3.8, 4) is 0 Å². The van der Waals surface area contributed by atoms with Gasteiger partial charge < -0.3 is 5.32 Å². The summed E-state index contributed by atoms with van der Waals surface area (Å²) in [5.41, 5.74) is 0. The molecule has 58 valence electrons. The van der Waals surface area contributed by atoms with E-state index in [4.69, 9.17) is 0 Å². The molecule has 2 aliphatic rings. The van der Waals surface area contributed by atoms with Crippen LogP contribution in [0, 0.1) is 11.8 Å². The quantitative estimate of drug-likeness (QED) is 0.589. The zero-order chi connectivity index (χ0) is 6.97. The van der Waals surface area contributed by atoms with E-state index >= 15 is 0 Å². The maximum atomic E-state index is 3.40. The van der Waals surface area contributed by atoms with Crippen LogP contribution in [-0.4, -0.2) is 12.6 Å². The maximum absolute atomic E-state index is 3.40. The summed E-state index contributed by atoms with van der Waals surface area (Å²) in [4.78, 5) is 0. The summed E-state index contributed by atoms with van der Waals surface area (Å²) in [6, 6.07) is 0.946. The SMILES string of the molecule is CCCCC1CC1C1CN1. The largest absolute Gasteiger partial charge is 0.311 e. The van der Waals surface area contributed by atoms with Crippen LogP contribution < -0.4 is 5.32 Å². The first kappa shape index (κ1) is 6.66. The fourth-order valence-electron chi connectivity index (χ4n) is 1.93. The van der Waals surface area contributed by atoms with Crippen LogP contribution in [0.15, 0.2) is 0 Å². The van der Waals surface area contributed by atoms with E-state index in [-0.39, 0.29) is 0 Å². The molecule has 0 bridgehead atoms. The molecule has 1 N–H and O–H groups in total. The molecule has 1 heterocycles. The zero-order valence-corrected chi connectivity index (χ0v) is 6.77. The second-order valence-electron chi connectivity index (χ2n) is 3.82. The molecule has 1 nitrogen and oxygen atoms in total. The molecule has 0 radical (unpaired) electrons. The molecular weight excluding hydrogens is 122 g/mol. The molecular formula is C9H17N. The predicted octanol–water partition coefficient (Wildman–Crippen LogP) is 1.78. The lowest BCUT2D eigenvalue weighted by Crippen LogP contribution is -1.95. The van der Waals surface area contributed by atoms with Gasteiger partial charge in [-0.25, -0.2) is 0 Å². The van der Waals surface area contributed by atoms with Gasteiger partial charge in [0, 0.05) is 12.6 Å². The van der Waals surface area contributed by atoms with E-state index in [1.54, 1.807) is 0 Å². The molecule has 1 saturated heterocycles. The summed E-state index contributed by atoms with van der Waals surface area (Å²) in [7, 11) is 0. The summed E-state index contributed by atoms with van der Waals surface area (Å²) >= 11 is 0. The molecule has 0 amide bonds. The van der Waals surface area contributed by atoms with Crippen molar-refractivity contribution in [3.63, 3.8) is 0 Å². The highest BCUT2D eigenvalue weighted by Gasteiger charge is 2.46. The average Bonchev–Trinajstić information content (AvgIpc) is 2.77. The molecule has 2 rings (SSSR count). The van der Waals surface area contributed by atoms with Crippen molar-refractivity contribution in [2.45, 2.75) is 38.6 Å². The van der Waals surface area contributed by atoms with E-state index in [0.717, 1.165) is 17.9 Å². The minimum absolute atomic E-state index is 0.946. The van der Waals surface area contributed by atoms with Crippen LogP contribution in [0.4, 0.5) is 0 Å². The summed E-state index contributed by atoms with van der Waals surface area (Å²) in [6.07, 6.45) is 5.85. The van der Waals surface area contributed by atoms with Crippen LogP contribution in [-0.2, 0) is 0 Å². The van der Waals surface area contributed by atoms with Gasteiger partial charge in [-0.3, -0.25) is 0 Å². The van der Waals surface area contributed by atoms with Gasteiger partial charge in [0.1, 0.15) is 0 Å². The molecule has 0 aromatic rings. The van der Waals surface area contributed by atoms with E-state index < -0.39 is 0 Å². The lowest BCUT2D eigenvalue weighted by atomic mass is 10.1. The van der Waals surface area contributed by atoms with Gasteiger partial charge in [0.05, 0.1) is 0 Å². The number of rotatable bonds is 4. The van der Waals surface area contributed by atoms with Crippen molar-refractivity contribution >= 4 is 0 Å². The number of unbranched alkanes of at least 4 members (excludes halogenated alkanes) is 1. The van der Waals surface area contributed by atoms with Gasteiger partial charge >= 0.3 is 0 Å². The van der Waals surface area contributed by atoms with Crippen LogP contribution in [0.2, 0.25) is 0 Å². The Labute approximate surface area is 63.2 Å². The molecule has 0 aromatic carbocycles. The van der Waals surface area contributed by atoms with Gasteiger partial charge in [0.15, 0.2) is 0 Å². The Hall–Kier alpha value is -0.0400. The zero-order valence-electron chi connectivity index (χ0n) is 6.77. The lowest BCUT2D eigenvalue weighted by Gasteiger charge is -1.94. The normalized spacial score (nSPS) is 43.5. The van der Waals surface area contributed by atoms with Gasteiger partial charge in [0.2, 0.25) is 0 Å². The first-order valence-corrected chi connectivity index (χ1v) is 4.65. The highest BCUT2D eigenvalue weighted by molar-refractivity contribution is 5.02. The molecule has 1 aliphatic carbocycles. The molecule has 1 saturated carbocycles. The second-order valence-corrected chi connectivity index (χ2v) is 3.82. The van der Waals surface area contributed by atoms with E-state index in [0.29, 0.717) is 0 Å².